The molecule has 0 N–H and O–H groups in total. The quantitative estimate of drug-likeness (QED) is 0.643. The summed E-state index contributed by atoms with van der Waals surface area (Å²) >= 11 is 1.80. The van der Waals surface area contributed by atoms with Crippen LogP contribution in [0.25, 0.3) is 11.3 Å². The van der Waals surface area contributed by atoms with Gasteiger partial charge in [0.25, 0.3) is 0 Å². The molecule has 4 rings (SSSR count). The smallest absolute Gasteiger partial charge is 0.185 e. The molecule has 2 aromatic rings. The van der Waals surface area contributed by atoms with Gasteiger partial charge in [-0.15, -0.1) is 11.3 Å². The van der Waals surface area contributed by atoms with Gasteiger partial charge in [-0.05, 0) is 60.1 Å². The third-order valence-corrected chi connectivity index (χ3v) is 7.17. The maximum Gasteiger partial charge on any atom is 0.185 e. The maximum absolute atomic E-state index is 4.98. The first-order chi connectivity index (χ1) is 11.9. The van der Waals surface area contributed by atoms with Crippen molar-refractivity contribution in [2.75, 3.05) is 18.0 Å². The van der Waals surface area contributed by atoms with Crippen LogP contribution in [0.3, 0.4) is 0 Å². The second kappa shape index (κ2) is 6.12. The van der Waals surface area contributed by atoms with E-state index in [0.29, 0.717) is 0 Å². The molecule has 0 amide bonds. The summed E-state index contributed by atoms with van der Waals surface area (Å²) in [6.45, 7) is 11.9. The van der Waals surface area contributed by atoms with Crippen molar-refractivity contribution < 1.29 is 0 Å². The molecule has 25 heavy (non-hydrogen) atoms. The molecule has 1 aliphatic heterocycles. The summed E-state index contributed by atoms with van der Waals surface area (Å²) in [6, 6.07) is 7.08. The zero-order valence-corrected chi connectivity index (χ0v) is 16.9. The molecule has 0 saturated carbocycles. The van der Waals surface area contributed by atoms with Crippen LogP contribution in [0.4, 0.5) is 5.13 Å². The second-order valence-electron chi connectivity index (χ2n) is 9.09. The third-order valence-electron chi connectivity index (χ3n) is 6.27. The van der Waals surface area contributed by atoms with Crippen molar-refractivity contribution in [3.63, 3.8) is 0 Å². The normalized spacial score (nSPS) is 21.8. The summed E-state index contributed by atoms with van der Waals surface area (Å²) in [5.74, 6) is 0. The Labute approximate surface area is 156 Å². The summed E-state index contributed by atoms with van der Waals surface area (Å²) in [5.41, 5.74) is 6.01. The van der Waals surface area contributed by atoms with E-state index in [-0.39, 0.29) is 10.8 Å². The summed E-state index contributed by atoms with van der Waals surface area (Å²) < 4.78 is 0. The van der Waals surface area contributed by atoms with Crippen LogP contribution in [0.15, 0.2) is 23.6 Å². The number of hydrogen-bond acceptors (Lipinski definition) is 3. The molecule has 1 aliphatic carbocycles. The van der Waals surface area contributed by atoms with E-state index in [4.69, 9.17) is 4.98 Å². The average molecular weight is 355 g/mol. The largest absolute Gasteiger partial charge is 0.348 e. The van der Waals surface area contributed by atoms with Crippen LogP contribution >= 0.6 is 11.3 Å². The Morgan fingerprint density at radius 1 is 0.920 bits per heavy atom. The molecule has 1 fully saturated rings. The van der Waals surface area contributed by atoms with Gasteiger partial charge in [-0.2, -0.15) is 0 Å². The minimum atomic E-state index is 0.257. The van der Waals surface area contributed by atoms with E-state index >= 15 is 0 Å². The zero-order chi connectivity index (χ0) is 17.7. The molecule has 1 saturated heterocycles. The molecule has 2 heterocycles. The third kappa shape index (κ3) is 3.12. The Kier molecular flexibility index (Phi) is 4.18. The van der Waals surface area contributed by atoms with E-state index in [1.807, 2.05) is 0 Å². The number of benzene rings is 1. The van der Waals surface area contributed by atoms with Gasteiger partial charge in [-0.1, -0.05) is 39.8 Å². The lowest BCUT2D eigenvalue weighted by Crippen LogP contribution is -2.33. The van der Waals surface area contributed by atoms with E-state index in [9.17, 15) is 0 Å². The van der Waals surface area contributed by atoms with Gasteiger partial charge in [-0.3, -0.25) is 0 Å². The standard InChI is InChI=1S/C22H30N2S/c1-21(2)10-11-22(3,4)18-14-16(8-9-17(18)21)19-15-25-20(23-19)24-12-6-5-7-13-24/h8-9,14-15H,5-7,10-13H2,1-4H3. The van der Waals surface area contributed by atoms with Gasteiger partial charge in [0.2, 0.25) is 0 Å². The number of piperidine rings is 1. The van der Waals surface area contributed by atoms with Crippen LogP contribution in [0.5, 0.6) is 0 Å². The summed E-state index contributed by atoms with van der Waals surface area (Å²) in [5, 5.41) is 3.44. The van der Waals surface area contributed by atoms with Gasteiger partial charge in [0.05, 0.1) is 5.69 Å². The number of rotatable bonds is 2. The Bertz CT molecular complexity index is 766. The van der Waals surface area contributed by atoms with Gasteiger partial charge in [0.1, 0.15) is 0 Å². The van der Waals surface area contributed by atoms with Crippen molar-refractivity contribution in [2.24, 2.45) is 0 Å². The minimum absolute atomic E-state index is 0.257. The molecule has 0 spiro atoms. The van der Waals surface area contributed by atoms with Crippen molar-refractivity contribution in [3.8, 4) is 11.3 Å². The predicted octanol–water partition coefficient (Wildman–Crippen LogP) is 6.15. The van der Waals surface area contributed by atoms with Crippen LogP contribution in [0.1, 0.15) is 70.9 Å². The summed E-state index contributed by atoms with van der Waals surface area (Å²) in [7, 11) is 0. The van der Waals surface area contributed by atoms with E-state index in [0.717, 1.165) is 5.69 Å². The second-order valence-corrected chi connectivity index (χ2v) is 9.93. The van der Waals surface area contributed by atoms with E-state index in [1.54, 1.807) is 11.3 Å². The fourth-order valence-corrected chi connectivity index (χ4v) is 5.26. The number of fused-ring (bicyclic) bond motifs is 1. The molecule has 0 radical (unpaired) electrons. The van der Waals surface area contributed by atoms with Crippen molar-refractivity contribution >= 4 is 16.5 Å². The van der Waals surface area contributed by atoms with Gasteiger partial charge >= 0.3 is 0 Å². The molecule has 3 heteroatoms. The van der Waals surface area contributed by atoms with Crippen molar-refractivity contribution in [1.29, 1.82) is 0 Å². The first-order valence-corrected chi connectivity index (χ1v) is 10.6. The number of nitrogens with zero attached hydrogens (tertiary/aromatic N) is 2. The van der Waals surface area contributed by atoms with E-state index < -0.39 is 0 Å². The Hall–Kier alpha value is -1.35. The highest BCUT2D eigenvalue weighted by molar-refractivity contribution is 7.14. The highest BCUT2D eigenvalue weighted by Gasteiger charge is 2.37. The van der Waals surface area contributed by atoms with E-state index in [1.165, 1.54) is 67.0 Å². The lowest BCUT2D eigenvalue weighted by Gasteiger charge is -2.42. The number of aromatic nitrogens is 1. The van der Waals surface area contributed by atoms with Crippen molar-refractivity contribution in [3.05, 3.63) is 34.7 Å². The first kappa shape index (κ1) is 17.1. The molecule has 0 unspecified atom stereocenters. The lowest BCUT2D eigenvalue weighted by molar-refractivity contribution is 0.332. The summed E-state index contributed by atoms with van der Waals surface area (Å²) in [6.07, 6.45) is 6.49. The zero-order valence-electron chi connectivity index (χ0n) is 16.1. The molecular weight excluding hydrogens is 324 g/mol. The van der Waals surface area contributed by atoms with Gasteiger partial charge < -0.3 is 4.90 Å². The molecule has 0 bridgehead atoms. The molecule has 134 valence electrons. The van der Waals surface area contributed by atoms with Crippen LogP contribution in [0, 0.1) is 0 Å². The van der Waals surface area contributed by atoms with Crippen molar-refractivity contribution in [1.82, 2.24) is 4.98 Å². The monoisotopic (exact) mass is 354 g/mol. The molecule has 2 nitrogen and oxygen atoms in total. The van der Waals surface area contributed by atoms with Crippen LogP contribution in [-0.2, 0) is 10.8 Å². The number of anilines is 1. The summed E-state index contributed by atoms with van der Waals surface area (Å²) in [4.78, 5) is 7.44. The maximum atomic E-state index is 4.98. The fourth-order valence-electron chi connectivity index (χ4n) is 4.38. The Morgan fingerprint density at radius 2 is 1.60 bits per heavy atom. The van der Waals surface area contributed by atoms with E-state index in [2.05, 4.69) is 56.2 Å². The molecule has 0 atom stereocenters. The molecule has 1 aromatic heterocycles. The SMILES string of the molecule is CC1(C)CCC(C)(C)c2cc(-c3csc(N4CCCCC4)n3)ccc21. The minimum Gasteiger partial charge on any atom is -0.348 e. The van der Waals surface area contributed by atoms with Gasteiger partial charge in [0.15, 0.2) is 5.13 Å². The highest BCUT2D eigenvalue weighted by atomic mass is 32.1. The van der Waals surface area contributed by atoms with Crippen molar-refractivity contribution in [2.45, 2.75) is 70.6 Å². The first-order valence-electron chi connectivity index (χ1n) is 9.73. The topological polar surface area (TPSA) is 16.1 Å². The van der Waals surface area contributed by atoms with Gasteiger partial charge in [-0.25, -0.2) is 4.98 Å². The lowest BCUT2D eigenvalue weighted by atomic mass is 9.63. The Balaban J connectivity index is 1.69. The molecular formula is C22H30N2S. The number of hydrogen-bond donors (Lipinski definition) is 0. The molecule has 2 aliphatic rings. The fraction of sp³-hybridized carbons (Fsp3) is 0.591. The van der Waals surface area contributed by atoms with Crippen LogP contribution in [-0.4, -0.2) is 18.1 Å². The van der Waals surface area contributed by atoms with Gasteiger partial charge in [0, 0.05) is 24.0 Å². The molecule has 1 aromatic carbocycles. The number of thiazole rings is 1. The predicted molar refractivity (Wildman–Crippen MR) is 109 cm³/mol. The Morgan fingerprint density at radius 3 is 2.32 bits per heavy atom. The average Bonchev–Trinajstić information content (AvgIpc) is 3.10. The highest BCUT2D eigenvalue weighted by Crippen LogP contribution is 2.46. The van der Waals surface area contributed by atoms with Crippen LogP contribution < -0.4 is 4.90 Å². The van der Waals surface area contributed by atoms with Crippen LogP contribution in [0.2, 0.25) is 0 Å².